The molecule has 0 radical (unpaired) electrons. The Morgan fingerprint density at radius 2 is 1.59 bits per heavy atom. The van der Waals surface area contributed by atoms with Gasteiger partial charge in [0.05, 0.1) is 25.0 Å². The van der Waals surface area contributed by atoms with Crippen LogP contribution in [-0.2, 0) is 26.4 Å². The molecule has 1 fully saturated rings. The van der Waals surface area contributed by atoms with Gasteiger partial charge in [0.1, 0.15) is 0 Å². The van der Waals surface area contributed by atoms with Crippen molar-refractivity contribution in [3.05, 3.63) is 47.7 Å². The first-order valence-corrected chi connectivity index (χ1v) is 11.5. The lowest BCUT2D eigenvalue weighted by Gasteiger charge is -2.35. The summed E-state index contributed by atoms with van der Waals surface area (Å²) >= 11 is 0. The number of aryl methyl sites for hydroxylation is 2. The highest BCUT2D eigenvalue weighted by Gasteiger charge is 2.34. The average Bonchev–Trinajstić information content (AvgIpc) is 2.70. The Morgan fingerprint density at radius 1 is 1.00 bits per heavy atom. The van der Waals surface area contributed by atoms with Gasteiger partial charge in [0.15, 0.2) is 0 Å². The number of benzene rings is 1. The SMILES string of the molecule is C/C=C/OP1OCC(N)(CCc2ccc(CCCCCCCC)cc2)CO1. The highest BCUT2D eigenvalue weighted by Crippen LogP contribution is 2.45. The lowest BCUT2D eigenvalue weighted by atomic mass is 9.93. The number of unbranched alkanes of at least 4 members (excludes halogenated alkanes) is 5. The lowest BCUT2D eigenvalue weighted by molar-refractivity contribution is 0.0623. The van der Waals surface area contributed by atoms with Gasteiger partial charge in [0.25, 0.3) is 0 Å². The summed E-state index contributed by atoms with van der Waals surface area (Å²) < 4.78 is 16.6. The van der Waals surface area contributed by atoms with Gasteiger partial charge in [-0.1, -0.05) is 69.4 Å². The summed E-state index contributed by atoms with van der Waals surface area (Å²) in [5.74, 6) is 0. The van der Waals surface area contributed by atoms with Crippen LogP contribution < -0.4 is 5.73 Å². The Kier molecular flexibility index (Phi) is 10.4. The standard InChI is InChI=1S/C22H36NO3P/c1-3-5-6-7-8-9-10-20-11-13-21(14-12-20)15-16-22(23)18-25-27(26-19-22)24-17-4-2/h4,11-14,17H,3,5-10,15-16,18-19,23H2,1-2H3/b17-4+. The van der Waals surface area contributed by atoms with Crippen molar-refractivity contribution in [3.8, 4) is 0 Å². The van der Waals surface area contributed by atoms with E-state index in [0.717, 1.165) is 12.8 Å². The van der Waals surface area contributed by atoms with Crippen molar-refractivity contribution >= 4 is 8.60 Å². The summed E-state index contributed by atoms with van der Waals surface area (Å²) in [6.45, 7) is 5.11. The van der Waals surface area contributed by atoms with Crippen LogP contribution in [0.5, 0.6) is 0 Å². The Bertz CT molecular complexity index is 539. The Hall–Kier alpha value is -0.930. The third kappa shape index (κ3) is 8.74. The van der Waals surface area contributed by atoms with Crippen LogP contribution >= 0.6 is 8.60 Å². The predicted molar refractivity (Wildman–Crippen MR) is 113 cm³/mol. The van der Waals surface area contributed by atoms with Gasteiger partial charge in [0, 0.05) is 0 Å². The van der Waals surface area contributed by atoms with E-state index in [2.05, 4.69) is 31.2 Å². The van der Waals surface area contributed by atoms with E-state index in [4.69, 9.17) is 19.3 Å². The fourth-order valence-electron chi connectivity index (χ4n) is 3.13. The number of rotatable bonds is 12. The van der Waals surface area contributed by atoms with Crippen molar-refractivity contribution in [3.63, 3.8) is 0 Å². The molecule has 2 rings (SSSR count). The third-order valence-electron chi connectivity index (χ3n) is 4.95. The molecule has 0 unspecified atom stereocenters. The molecule has 0 atom stereocenters. The fourth-order valence-corrected chi connectivity index (χ4v) is 4.27. The molecular weight excluding hydrogens is 357 g/mol. The zero-order valence-corrected chi connectivity index (χ0v) is 17.9. The summed E-state index contributed by atoms with van der Waals surface area (Å²) in [5.41, 5.74) is 8.76. The van der Waals surface area contributed by atoms with E-state index < -0.39 is 14.1 Å². The highest BCUT2D eigenvalue weighted by molar-refractivity contribution is 7.41. The molecule has 0 bridgehead atoms. The molecule has 0 spiro atoms. The van der Waals surface area contributed by atoms with Crippen LogP contribution in [0.2, 0.25) is 0 Å². The second kappa shape index (κ2) is 12.5. The van der Waals surface area contributed by atoms with Crippen LogP contribution in [0.15, 0.2) is 36.6 Å². The monoisotopic (exact) mass is 393 g/mol. The van der Waals surface area contributed by atoms with Gasteiger partial charge in [-0.2, -0.15) is 0 Å². The second-order valence-corrected chi connectivity index (χ2v) is 8.72. The van der Waals surface area contributed by atoms with Crippen molar-refractivity contribution in [2.45, 2.75) is 77.2 Å². The summed E-state index contributed by atoms with van der Waals surface area (Å²) in [5, 5.41) is 0. The number of nitrogens with two attached hydrogens (primary N) is 1. The summed E-state index contributed by atoms with van der Waals surface area (Å²) in [7, 11) is -1.28. The molecule has 1 aromatic rings. The molecule has 1 aromatic carbocycles. The topological polar surface area (TPSA) is 53.7 Å². The first-order chi connectivity index (χ1) is 13.1. The normalized spacial score (nSPS) is 23.0. The van der Waals surface area contributed by atoms with E-state index in [9.17, 15) is 0 Å². The van der Waals surface area contributed by atoms with Gasteiger partial charge in [0.2, 0.25) is 0 Å². The van der Waals surface area contributed by atoms with E-state index in [-0.39, 0.29) is 0 Å². The molecule has 1 aliphatic rings. The molecule has 0 amide bonds. The predicted octanol–water partition coefficient (Wildman–Crippen LogP) is 6.04. The van der Waals surface area contributed by atoms with Gasteiger partial charge in [-0.25, -0.2) is 0 Å². The molecule has 4 nitrogen and oxygen atoms in total. The zero-order valence-electron chi connectivity index (χ0n) is 17.0. The van der Waals surface area contributed by atoms with E-state index in [1.165, 1.54) is 56.1 Å². The molecule has 2 N–H and O–H groups in total. The Balaban J connectivity index is 1.66. The molecule has 0 aromatic heterocycles. The molecule has 1 heterocycles. The van der Waals surface area contributed by atoms with Gasteiger partial charge >= 0.3 is 8.60 Å². The van der Waals surface area contributed by atoms with Gasteiger partial charge in [-0.3, -0.25) is 0 Å². The van der Waals surface area contributed by atoms with Crippen LogP contribution in [0.25, 0.3) is 0 Å². The minimum atomic E-state index is -1.28. The highest BCUT2D eigenvalue weighted by atomic mass is 31.2. The molecule has 27 heavy (non-hydrogen) atoms. The lowest BCUT2D eigenvalue weighted by Crippen LogP contribution is -2.50. The molecular formula is C22H36NO3P. The first-order valence-electron chi connectivity index (χ1n) is 10.4. The summed E-state index contributed by atoms with van der Waals surface area (Å²) in [4.78, 5) is 0. The maximum atomic E-state index is 6.43. The quantitative estimate of drug-likeness (QED) is 0.267. The minimum Gasteiger partial charge on any atom is -0.435 e. The maximum absolute atomic E-state index is 6.43. The second-order valence-electron chi connectivity index (χ2n) is 7.54. The van der Waals surface area contributed by atoms with Gasteiger partial charge < -0.3 is 19.3 Å². The first kappa shape index (κ1) is 22.4. The molecule has 152 valence electrons. The number of hydrogen-bond donors (Lipinski definition) is 1. The molecule has 0 saturated carbocycles. The third-order valence-corrected chi connectivity index (χ3v) is 5.93. The number of hydrogen-bond acceptors (Lipinski definition) is 4. The maximum Gasteiger partial charge on any atom is 0.396 e. The summed E-state index contributed by atoms with van der Waals surface area (Å²) in [6, 6.07) is 9.01. The van der Waals surface area contributed by atoms with Crippen molar-refractivity contribution in [1.29, 1.82) is 0 Å². The number of allylic oxidation sites excluding steroid dienone is 1. The van der Waals surface area contributed by atoms with Gasteiger partial charge in [-0.15, -0.1) is 0 Å². The molecule has 5 heteroatoms. The van der Waals surface area contributed by atoms with Crippen molar-refractivity contribution in [1.82, 2.24) is 0 Å². The van der Waals surface area contributed by atoms with E-state index in [1.54, 1.807) is 6.26 Å². The van der Waals surface area contributed by atoms with Crippen LogP contribution in [-0.4, -0.2) is 18.8 Å². The minimum absolute atomic E-state index is 0.435. The van der Waals surface area contributed by atoms with Crippen LogP contribution in [0, 0.1) is 0 Å². The van der Waals surface area contributed by atoms with Crippen molar-refractivity contribution in [2.75, 3.05) is 13.2 Å². The average molecular weight is 394 g/mol. The van der Waals surface area contributed by atoms with Crippen molar-refractivity contribution in [2.24, 2.45) is 5.73 Å². The fraction of sp³-hybridized carbons (Fsp3) is 0.636. The van der Waals surface area contributed by atoms with E-state index in [1.807, 2.05) is 13.0 Å². The molecule has 0 aliphatic carbocycles. The van der Waals surface area contributed by atoms with Crippen LogP contribution in [0.1, 0.15) is 69.9 Å². The van der Waals surface area contributed by atoms with Crippen LogP contribution in [0.3, 0.4) is 0 Å². The van der Waals surface area contributed by atoms with Crippen molar-refractivity contribution < 1.29 is 13.6 Å². The van der Waals surface area contributed by atoms with Crippen LogP contribution in [0.4, 0.5) is 0 Å². The largest absolute Gasteiger partial charge is 0.435 e. The Morgan fingerprint density at radius 3 is 2.22 bits per heavy atom. The Labute approximate surface area is 166 Å². The van der Waals surface area contributed by atoms with E-state index >= 15 is 0 Å². The molecule has 1 aliphatic heterocycles. The zero-order chi connectivity index (χ0) is 19.4. The molecule has 1 saturated heterocycles. The van der Waals surface area contributed by atoms with E-state index in [0.29, 0.717) is 13.2 Å². The summed E-state index contributed by atoms with van der Waals surface area (Å²) in [6.07, 6.45) is 14.5. The smallest absolute Gasteiger partial charge is 0.396 e. The van der Waals surface area contributed by atoms with Gasteiger partial charge in [-0.05, 0) is 43.7 Å².